The Labute approximate surface area is 175 Å². The highest BCUT2D eigenvalue weighted by Gasteiger charge is 2.35. The summed E-state index contributed by atoms with van der Waals surface area (Å²) in [7, 11) is -1.11. The van der Waals surface area contributed by atoms with Crippen LogP contribution < -0.4 is 14.8 Å². The molecule has 1 aliphatic heterocycles. The number of sulfonamides is 1. The van der Waals surface area contributed by atoms with E-state index in [9.17, 15) is 17.6 Å². The highest BCUT2D eigenvalue weighted by atomic mass is 32.2. The largest absolute Gasteiger partial charge is 0.496 e. The molecule has 0 unspecified atom stereocenters. The Morgan fingerprint density at radius 1 is 1.17 bits per heavy atom. The molecule has 1 aliphatic rings. The molecule has 0 saturated carbocycles. The molecule has 1 atom stereocenters. The third kappa shape index (κ3) is 4.73. The van der Waals surface area contributed by atoms with Crippen molar-refractivity contribution in [1.82, 2.24) is 9.62 Å². The second kappa shape index (κ2) is 9.44. The number of piperidine rings is 1. The van der Waals surface area contributed by atoms with Gasteiger partial charge in [0, 0.05) is 25.2 Å². The average Bonchev–Trinajstić information content (AvgIpc) is 2.77. The zero-order chi connectivity index (χ0) is 21.7. The van der Waals surface area contributed by atoms with E-state index in [2.05, 4.69) is 5.32 Å². The van der Waals surface area contributed by atoms with Crippen molar-refractivity contribution in [1.29, 1.82) is 0 Å². The van der Waals surface area contributed by atoms with Gasteiger partial charge in [0.15, 0.2) is 0 Å². The molecular weight excluding hydrogens is 411 g/mol. The highest BCUT2D eigenvalue weighted by Crippen LogP contribution is 2.30. The molecule has 0 aromatic heterocycles. The molecule has 0 aliphatic carbocycles. The van der Waals surface area contributed by atoms with Crippen LogP contribution in [0.2, 0.25) is 0 Å². The molecule has 2 aromatic carbocycles. The number of amides is 1. The molecule has 3 rings (SSSR count). The lowest BCUT2D eigenvalue weighted by molar-refractivity contribution is -0.126. The average molecular weight is 437 g/mol. The smallest absolute Gasteiger partial charge is 0.246 e. The maximum atomic E-state index is 13.7. The van der Waals surface area contributed by atoms with Crippen molar-refractivity contribution in [2.24, 2.45) is 5.92 Å². The first kappa shape index (κ1) is 22.0. The lowest BCUT2D eigenvalue weighted by Gasteiger charge is -2.31. The van der Waals surface area contributed by atoms with Crippen LogP contribution in [0.4, 0.5) is 4.39 Å². The molecule has 162 valence electrons. The number of hydrogen-bond donors (Lipinski definition) is 1. The number of nitrogens with zero attached hydrogens (tertiary/aromatic N) is 1. The minimum Gasteiger partial charge on any atom is -0.496 e. The predicted octanol–water partition coefficient (Wildman–Crippen LogP) is 2.56. The Hall–Kier alpha value is -2.65. The number of halogens is 1. The number of ether oxygens (including phenoxy) is 2. The molecule has 7 nitrogen and oxygen atoms in total. The van der Waals surface area contributed by atoms with Crippen molar-refractivity contribution < 1.29 is 27.1 Å². The standard InChI is InChI=1S/C21H25FN2O5S/c1-28-18-8-4-3-6-15(18)13-23-21(25)16-7-5-11-24(14-16)30(26,27)20-12-17(22)9-10-19(20)29-2/h3-4,6,8-10,12,16H,5,7,11,13-14H2,1-2H3,(H,23,25)/t16-/m0/s1. The summed E-state index contributed by atoms with van der Waals surface area (Å²) in [6.45, 7) is 0.571. The first-order valence-electron chi connectivity index (χ1n) is 9.60. The Balaban J connectivity index is 1.72. The van der Waals surface area contributed by atoms with Crippen LogP contribution in [-0.2, 0) is 21.4 Å². The molecule has 1 saturated heterocycles. The van der Waals surface area contributed by atoms with Gasteiger partial charge in [0.05, 0.1) is 20.1 Å². The van der Waals surface area contributed by atoms with Gasteiger partial charge in [0.2, 0.25) is 15.9 Å². The van der Waals surface area contributed by atoms with Crippen molar-refractivity contribution >= 4 is 15.9 Å². The summed E-state index contributed by atoms with van der Waals surface area (Å²) < 4.78 is 51.5. The van der Waals surface area contributed by atoms with Gasteiger partial charge in [-0.2, -0.15) is 4.31 Å². The van der Waals surface area contributed by atoms with Gasteiger partial charge in [-0.3, -0.25) is 4.79 Å². The highest BCUT2D eigenvalue weighted by molar-refractivity contribution is 7.89. The van der Waals surface area contributed by atoms with Gasteiger partial charge in [-0.15, -0.1) is 0 Å². The maximum absolute atomic E-state index is 13.7. The van der Waals surface area contributed by atoms with Crippen LogP contribution in [0.25, 0.3) is 0 Å². The number of carbonyl (C=O) groups excluding carboxylic acids is 1. The second-order valence-corrected chi connectivity index (χ2v) is 8.93. The molecule has 1 amide bonds. The third-order valence-corrected chi connectivity index (χ3v) is 7.03. The van der Waals surface area contributed by atoms with Gasteiger partial charge in [-0.25, -0.2) is 12.8 Å². The summed E-state index contributed by atoms with van der Waals surface area (Å²) in [6, 6.07) is 10.7. The maximum Gasteiger partial charge on any atom is 0.246 e. The minimum atomic E-state index is -4.00. The zero-order valence-corrected chi connectivity index (χ0v) is 17.7. The van der Waals surface area contributed by atoms with Crippen LogP contribution in [0.1, 0.15) is 18.4 Å². The van der Waals surface area contributed by atoms with Crippen molar-refractivity contribution in [2.75, 3.05) is 27.3 Å². The number of methoxy groups -OCH3 is 2. The first-order valence-corrected chi connectivity index (χ1v) is 11.0. The van der Waals surface area contributed by atoms with E-state index in [-0.39, 0.29) is 36.2 Å². The molecule has 9 heteroatoms. The minimum absolute atomic E-state index is 0.0275. The van der Waals surface area contributed by atoms with E-state index in [0.29, 0.717) is 18.6 Å². The van der Waals surface area contributed by atoms with E-state index in [1.165, 1.54) is 17.5 Å². The quantitative estimate of drug-likeness (QED) is 0.721. The van der Waals surface area contributed by atoms with Crippen molar-refractivity contribution in [3.63, 3.8) is 0 Å². The molecule has 0 spiro atoms. The Morgan fingerprint density at radius 2 is 1.90 bits per heavy atom. The zero-order valence-electron chi connectivity index (χ0n) is 16.9. The van der Waals surface area contributed by atoms with Crippen LogP contribution in [-0.4, -0.2) is 45.9 Å². The van der Waals surface area contributed by atoms with Gasteiger partial charge in [0.25, 0.3) is 0 Å². The van der Waals surface area contributed by atoms with E-state index in [0.717, 1.165) is 17.7 Å². The fourth-order valence-electron chi connectivity index (χ4n) is 3.54. The van der Waals surface area contributed by atoms with Crippen LogP contribution >= 0.6 is 0 Å². The number of hydrogen-bond acceptors (Lipinski definition) is 5. The van der Waals surface area contributed by atoms with E-state index in [4.69, 9.17) is 9.47 Å². The Morgan fingerprint density at radius 3 is 2.63 bits per heavy atom. The molecule has 0 radical (unpaired) electrons. The van der Waals surface area contributed by atoms with Crippen molar-refractivity contribution in [3.8, 4) is 11.5 Å². The number of rotatable bonds is 7. The summed E-state index contributed by atoms with van der Waals surface area (Å²) in [5.74, 6) is -0.657. The Kier molecular flexibility index (Phi) is 6.94. The topological polar surface area (TPSA) is 84.9 Å². The summed E-state index contributed by atoms with van der Waals surface area (Å²) in [4.78, 5) is 12.5. The first-order chi connectivity index (χ1) is 14.4. The molecule has 1 heterocycles. The summed E-state index contributed by atoms with van der Waals surface area (Å²) >= 11 is 0. The monoisotopic (exact) mass is 436 g/mol. The van der Waals surface area contributed by atoms with E-state index in [1.54, 1.807) is 7.11 Å². The van der Waals surface area contributed by atoms with Gasteiger partial charge in [0.1, 0.15) is 22.2 Å². The van der Waals surface area contributed by atoms with Crippen LogP contribution in [0.15, 0.2) is 47.4 Å². The van der Waals surface area contributed by atoms with Gasteiger partial charge in [-0.1, -0.05) is 18.2 Å². The Bertz CT molecular complexity index is 1010. The van der Waals surface area contributed by atoms with E-state index >= 15 is 0 Å². The molecule has 2 aromatic rings. The number of benzene rings is 2. The van der Waals surface area contributed by atoms with Crippen LogP contribution in [0.5, 0.6) is 11.5 Å². The van der Waals surface area contributed by atoms with Gasteiger partial charge >= 0.3 is 0 Å². The molecular formula is C21H25FN2O5S. The third-order valence-electron chi connectivity index (χ3n) is 5.14. The fourth-order valence-corrected chi connectivity index (χ4v) is 5.23. The van der Waals surface area contributed by atoms with Crippen molar-refractivity contribution in [3.05, 3.63) is 53.8 Å². The lowest BCUT2D eigenvalue weighted by Crippen LogP contribution is -2.45. The van der Waals surface area contributed by atoms with Crippen LogP contribution in [0, 0.1) is 11.7 Å². The number of nitrogens with one attached hydrogen (secondary N) is 1. The molecule has 30 heavy (non-hydrogen) atoms. The number of para-hydroxylation sites is 1. The van der Waals surface area contributed by atoms with Crippen molar-refractivity contribution in [2.45, 2.75) is 24.3 Å². The number of carbonyl (C=O) groups is 1. The van der Waals surface area contributed by atoms with Crippen LogP contribution in [0.3, 0.4) is 0 Å². The summed E-state index contributed by atoms with van der Waals surface area (Å²) in [6.07, 6.45) is 1.10. The normalized spacial score (nSPS) is 17.4. The molecule has 0 bridgehead atoms. The summed E-state index contributed by atoms with van der Waals surface area (Å²) in [5.41, 5.74) is 0.832. The van der Waals surface area contributed by atoms with Gasteiger partial charge < -0.3 is 14.8 Å². The fraction of sp³-hybridized carbons (Fsp3) is 0.381. The second-order valence-electron chi connectivity index (χ2n) is 7.03. The van der Waals surface area contributed by atoms with E-state index < -0.39 is 21.8 Å². The summed E-state index contributed by atoms with van der Waals surface area (Å²) in [5, 5.41) is 2.86. The van der Waals surface area contributed by atoms with E-state index in [1.807, 2.05) is 24.3 Å². The molecule has 1 N–H and O–H groups in total. The lowest BCUT2D eigenvalue weighted by atomic mass is 9.98. The SMILES string of the molecule is COc1ccccc1CNC(=O)[C@H]1CCCN(S(=O)(=O)c2cc(F)ccc2OC)C1. The van der Waals surface area contributed by atoms with Gasteiger partial charge in [-0.05, 0) is 37.1 Å². The predicted molar refractivity (Wildman–Crippen MR) is 109 cm³/mol. The molecule has 1 fully saturated rings.